The first-order valence-corrected chi connectivity index (χ1v) is 10.2. The Morgan fingerprint density at radius 2 is 1.67 bits per heavy atom. The van der Waals surface area contributed by atoms with Crippen molar-refractivity contribution in [2.75, 3.05) is 5.32 Å². The zero-order chi connectivity index (χ0) is 26.0. The number of amides is 1. The van der Waals surface area contributed by atoms with Crippen molar-refractivity contribution < 1.29 is 31.5 Å². The third-order valence-corrected chi connectivity index (χ3v) is 5.06. The number of aromatic nitrogens is 2. The maximum Gasteiger partial charge on any atom is 0.435 e. The number of halogens is 5. The van der Waals surface area contributed by atoms with Crippen LogP contribution in [0, 0.1) is 23.0 Å². The molecule has 0 saturated heterocycles. The fraction of sp³-hybridized carbons (Fsp3) is 0.0400. The molecular formula is C25H13F5N4O2. The summed E-state index contributed by atoms with van der Waals surface area (Å²) in [5.74, 6) is -4.77. The first-order valence-electron chi connectivity index (χ1n) is 10.2. The van der Waals surface area contributed by atoms with E-state index in [0.717, 1.165) is 12.1 Å². The molecular weight excluding hydrogens is 483 g/mol. The second-order valence-electron chi connectivity index (χ2n) is 7.42. The number of nitrogens with one attached hydrogen (secondary N) is 1. The second-order valence-corrected chi connectivity index (χ2v) is 7.42. The first-order chi connectivity index (χ1) is 17.1. The molecule has 4 rings (SSSR count). The Morgan fingerprint density at radius 1 is 0.944 bits per heavy atom. The molecule has 6 nitrogen and oxygen atoms in total. The predicted molar refractivity (Wildman–Crippen MR) is 117 cm³/mol. The van der Waals surface area contributed by atoms with E-state index >= 15 is 4.39 Å². The molecule has 180 valence electrons. The van der Waals surface area contributed by atoms with Gasteiger partial charge in [0.05, 0.1) is 22.9 Å². The Kier molecular flexibility index (Phi) is 6.35. The van der Waals surface area contributed by atoms with Gasteiger partial charge in [-0.2, -0.15) is 23.5 Å². The van der Waals surface area contributed by atoms with Gasteiger partial charge in [0.15, 0.2) is 17.3 Å². The molecule has 0 aliphatic rings. The van der Waals surface area contributed by atoms with Gasteiger partial charge in [0, 0.05) is 11.6 Å². The molecule has 3 aromatic carbocycles. The van der Waals surface area contributed by atoms with Crippen molar-refractivity contribution in [1.29, 1.82) is 5.26 Å². The van der Waals surface area contributed by atoms with Crippen LogP contribution in [0.2, 0.25) is 0 Å². The van der Waals surface area contributed by atoms with E-state index in [0.29, 0.717) is 10.7 Å². The number of alkyl halides is 3. The lowest BCUT2D eigenvalue weighted by Crippen LogP contribution is -2.19. The van der Waals surface area contributed by atoms with Gasteiger partial charge in [-0.3, -0.25) is 9.59 Å². The van der Waals surface area contributed by atoms with Crippen LogP contribution in [0.5, 0.6) is 0 Å². The Bertz CT molecular complexity index is 1520. The molecule has 1 heterocycles. The smallest absolute Gasteiger partial charge is 0.316 e. The van der Waals surface area contributed by atoms with Gasteiger partial charge < -0.3 is 5.32 Å². The Morgan fingerprint density at radius 3 is 2.33 bits per heavy atom. The summed E-state index contributed by atoms with van der Waals surface area (Å²) in [4.78, 5) is 25.6. The minimum atomic E-state index is -4.94. The second kappa shape index (κ2) is 9.42. The minimum absolute atomic E-state index is 0.0661. The monoisotopic (exact) mass is 496 g/mol. The summed E-state index contributed by atoms with van der Waals surface area (Å²) in [6, 6.07) is 16.6. The molecule has 0 atom stereocenters. The molecule has 36 heavy (non-hydrogen) atoms. The molecule has 11 heteroatoms. The lowest BCUT2D eigenvalue weighted by Gasteiger charge is -2.12. The van der Waals surface area contributed by atoms with E-state index in [2.05, 4.69) is 5.10 Å². The fourth-order valence-corrected chi connectivity index (χ4v) is 3.35. The summed E-state index contributed by atoms with van der Waals surface area (Å²) in [6.07, 6.45) is -4.94. The molecule has 4 aromatic rings. The number of anilines is 1. The number of nitrogens with zero attached hydrogens (tertiary/aromatic N) is 3. The molecule has 1 amide bonds. The fourth-order valence-electron chi connectivity index (χ4n) is 3.35. The SMILES string of the molecule is N#Cc1cccc(-n2nc(C(F)(F)F)cc2C(=O)Nc2c(F)ccc(C(=O)c3ccccc3)c2F)c1. The molecule has 1 aromatic heterocycles. The maximum atomic E-state index is 15.1. The number of hydrogen-bond acceptors (Lipinski definition) is 4. The topological polar surface area (TPSA) is 87.8 Å². The van der Waals surface area contributed by atoms with E-state index < -0.39 is 52.1 Å². The van der Waals surface area contributed by atoms with Crippen molar-refractivity contribution in [3.05, 3.63) is 113 Å². The van der Waals surface area contributed by atoms with Crippen LogP contribution in [0.3, 0.4) is 0 Å². The van der Waals surface area contributed by atoms with E-state index in [1.807, 2.05) is 11.4 Å². The van der Waals surface area contributed by atoms with Crippen molar-refractivity contribution in [3.63, 3.8) is 0 Å². The summed E-state index contributed by atoms with van der Waals surface area (Å²) in [5, 5.41) is 14.4. The van der Waals surface area contributed by atoms with Crippen LogP contribution >= 0.6 is 0 Å². The number of nitriles is 1. The molecule has 0 aliphatic carbocycles. The predicted octanol–water partition coefficient (Wildman–Crippen LogP) is 5.52. The molecule has 0 unspecified atom stereocenters. The lowest BCUT2D eigenvalue weighted by molar-refractivity contribution is -0.141. The van der Waals surface area contributed by atoms with Crippen molar-refractivity contribution in [2.45, 2.75) is 6.18 Å². The van der Waals surface area contributed by atoms with E-state index in [1.165, 1.54) is 48.5 Å². The Hall–Kier alpha value is -4.85. The van der Waals surface area contributed by atoms with Gasteiger partial charge in [0.25, 0.3) is 5.91 Å². The first kappa shape index (κ1) is 24.3. The van der Waals surface area contributed by atoms with E-state index in [4.69, 9.17) is 5.26 Å². The molecule has 0 spiro atoms. The zero-order valence-electron chi connectivity index (χ0n) is 18.0. The standard InChI is InChI=1S/C25H13F5N4O2/c26-18-10-9-17(23(35)15-6-2-1-3-7-15)21(27)22(18)32-24(36)19-12-20(25(28,29)30)33-34(19)16-8-4-5-14(11-16)13-31/h1-12H,(H,32,36). The van der Waals surface area contributed by atoms with Crippen LogP contribution in [0.25, 0.3) is 5.69 Å². The van der Waals surface area contributed by atoms with Gasteiger partial charge in [-0.1, -0.05) is 36.4 Å². The molecule has 0 radical (unpaired) electrons. The van der Waals surface area contributed by atoms with E-state index in [9.17, 15) is 27.2 Å². The van der Waals surface area contributed by atoms with Gasteiger partial charge in [-0.15, -0.1) is 0 Å². The number of ketones is 1. The summed E-state index contributed by atoms with van der Waals surface area (Å²) in [6.45, 7) is 0. The molecule has 0 saturated carbocycles. The van der Waals surface area contributed by atoms with Gasteiger partial charge in [0.2, 0.25) is 0 Å². The summed E-state index contributed by atoms with van der Waals surface area (Å²) >= 11 is 0. The van der Waals surface area contributed by atoms with Gasteiger partial charge in [-0.05, 0) is 30.3 Å². The summed E-state index contributed by atoms with van der Waals surface area (Å²) < 4.78 is 70.3. The third-order valence-electron chi connectivity index (χ3n) is 5.06. The minimum Gasteiger partial charge on any atom is -0.316 e. The highest BCUT2D eigenvalue weighted by Gasteiger charge is 2.36. The maximum absolute atomic E-state index is 15.1. The van der Waals surface area contributed by atoms with Crippen molar-refractivity contribution in [1.82, 2.24) is 9.78 Å². The Labute approximate surface area is 200 Å². The number of rotatable bonds is 5. The number of hydrogen-bond donors (Lipinski definition) is 1. The average molecular weight is 496 g/mol. The number of carbonyl (C=O) groups is 2. The van der Waals surface area contributed by atoms with Gasteiger partial charge in [-0.25, -0.2) is 13.5 Å². The van der Waals surface area contributed by atoms with Crippen LogP contribution in [0.4, 0.5) is 27.6 Å². The highest BCUT2D eigenvalue weighted by Crippen LogP contribution is 2.31. The van der Waals surface area contributed by atoms with Crippen LogP contribution < -0.4 is 5.32 Å². The van der Waals surface area contributed by atoms with Gasteiger partial charge in [0.1, 0.15) is 17.2 Å². The summed E-state index contributed by atoms with van der Waals surface area (Å²) in [7, 11) is 0. The Balaban J connectivity index is 1.76. The molecule has 0 aliphatic heterocycles. The van der Waals surface area contributed by atoms with Crippen LogP contribution in [-0.4, -0.2) is 21.5 Å². The van der Waals surface area contributed by atoms with Crippen molar-refractivity contribution in [2.24, 2.45) is 0 Å². The van der Waals surface area contributed by atoms with Gasteiger partial charge >= 0.3 is 6.18 Å². The van der Waals surface area contributed by atoms with E-state index in [-0.39, 0.29) is 16.8 Å². The zero-order valence-corrected chi connectivity index (χ0v) is 18.0. The van der Waals surface area contributed by atoms with Crippen molar-refractivity contribution >= 4 is 17.4 Å². The highest BCUT2D eigenvalue weighted by atomic mass is 19.4. The average Bonchev–Trinajstić information content (AvgIpc) is 3.33. The van der Waals surface area contributed by atoms with Crippen LogP contribution in [0.15, 0.2) is 72.8 Å². The van der Waals surface area contributed by atoms with E-state index in [1.54, 1.807) is 6.07 Å². The quantitative estimate of drug-likeness (QED) is 0.291. The largest absolute Gasteiger partial charge is 0.435 e. The lowest BCUT2D eigenvalue weighted by atomic mass is 10.0. The summed E-state index contributed by atoms with van der Waals surface area (Å²) in [5.41, 5.74) is -3.61. The highest BCUT2D eigenvalue weighted by molar-refractivity contribution is 6.10. The number of carbonyl (C=O) groups excluding carboxylic acids is 2. The van der Waals surface area contributed by atoms with Crippen LogP contribution in [0.1, 0.15) is 37.7 Å². The van der Waals surface area contributed by atoms with Crippen LogP contribution in [-0.2, 0) is 6.18 Å². The molecule has 0 bridgehead atoms. The normalized spacial score (nSPS) is 11.1. The van der Waals surface area contributed by atoms with Crippen molar-refractivity contribution in [3.8, 4) is 11.8 Å². The molecule has 0 fully saturated rings. The molecule has 1 N–H and O–H groups in total. The number of benzene rings is 3. The third kappa shape index (κ3) is 4.69.